The third-order valence-electron chi connectivity index (χ3n) is 5.45. The monoisotopic (exact) mass is 431 g/mol. The molecule has 0 N–H and O–H groups in total. The van der Waals surface area contributed by atoms with Gasteiger partial charge >= 0.3 is 5.69 Å². The lowest BCUT2D eigenvalue weighted by molar-refractivity contribution is -0.385. The van der Waals surface area contributed by atoms with Crippen LogP contribution in [0.3, 0.4) is 0 Å². The molecule has 0 aliphatic carbocycles. The van der Waals surface area contributed by atoms with Gasteiger partial charge in [0, 0.05) is 43.9 Å². The minimum absolute atomic E-state index is 0.00616. The van der Waals surface area contributed by atoms with Crippen molar-refractivity contribution in [2.45, 2.75) is 32.5 Å². The topological polar surface area (TPSA) is 85.2 Å². The van der Waals surface area contributed by atoms with E-state index in [2.05, 4.69) is 4.90 Å². The van der Waals surface area contributed by atoms with Gasteiger partial charge < -0.3 is 14.4 Å². The number of benzene rings is 2. The van der Waals surface area contributed by atoms with Gasteiger partial charge in [-0.05, 0) is 37.6 Å². The molecule has 1 aliphatic rings. The van der Waals surface area contributed by atoms with Crippen LogP contribution in [0.4, 0.5) is 10.1 Å². The number of rotatable bonds is 7. The Morgan fingerprint density at radius 3 is 2.52 bits per heavy atom. The molecule has 0 spiro atoms. The second-order valence-corrected chi connectivity index (χ2v) is 7.68. The van der Waals surface area contributed by atoms with Crippen LogP contribution in [0, 0.1) is 15.9 Å². The van der Waals surface area contributed by atoms with Crippen molar-refractivity contribution in [3.05, 3.63) is 64.0 Å². The summed E-state index contributed by atoms with van der Waals surface area (Å²) in [7, 11) is 1.45. The summed E-state index contributed by atoms with van der Waals surface area (Å²) in [4.78, 5) is 27.5. The standard InChI is InChI=1S/C22H26FN3O5/c1-15-12-25(16(2)11-24(15)13-17-4-6-18(23)7-5-17)22(27)14-31-21-10-19(30-3)8-9-20(21)26(28)29/h4-10,15-16H,11-14H2,1-3H3/t15-,16+/m1/s1. The summed E-state index contributed by atoms with van der Waals surface area (Å²) < 4.78 is 23.7. The molecule has 166 valence electrons. The minimum atomic E-state index is -0.557. The predicted molar refractivity (Wildman–Crippen MR) is 113 cm³/mol. The molecule has 1 amide bonds. The Morgan fingerprint density at radius 1 is 1.16 bits per heavy atom. The highest BCUT2D eigenvalue weighted by molar-refractivity contribution is 5.78. The molecule has 1 saturated heterocycles. The first kappa shape index (κ1) is 22.5. The lowest BCUT2D eigenvalue weighted by Crippen LogP contribution is -2.58. The van der Waals surface area contributed by atoms with Crippen molar-refractivity contribution in [3.63, 3.8) is 0 Å². The average molecular weight is 431 g/mol. The number of hydrogen-bond donors (Lipinski definition) is 0. The van der Waals surface area contributed by atoms with Crippen LogP contribution in [0.1, 0.15) is 19.4 Å². The fourth-order valence-electron chi connectivity index (χ4n) is 3.70. The van der Waals surface area contributed by atoms with Crippen LogP contribution in [-0.2, 0) is 11.3 Å². The highest BCUT2D eigenvalue weighted by Gasteiger charge is 2.32. The summed E-state index contributed by atoms with van der Waals surface area (Å²) in [5.41, 5.74) is 0.785. The highest BCUT2D eigenvalue weighted by atomic mass is 19.1. The van der Waals surface area contributed by atoms with Gasteiger partial charge in [-0.2, -0.15) is 0 Å². The maximum Gasteiger partial charge on any atom is 0.311 e. The van der Waals surface area contributed by atoms with Gasteiger partial charge in [0.05, 0.1) is 12.0 Å². The first-order valence-electron chi connectivity index (χ1n) is 10.0. The number of ether oxygens (including phenoxy) is 2. The maximum absolute atomic E-state index is 13.1. The molecule has 1 fully saturated rings. The number of piperazine rings is 1. The number of amides is 1. The zero-order valence-corrected chi connectivity index (χ0v) is 17.8. The van der Waals surface area contributed by atoms with Crippen LogP contribution in [0.15, 0.2) is 42.5 Å². The molecule has 2 aromatic rings. The van der Waals surface area contributed by atoms with Crippen molar-refractivity contribution in [1.29, 1.82) is 0 Å². The Labute approximate surface area is 180 Å². The summed E-state index contributed by atoms with van der Waals surface area (Å²) in [6.07, 6.45) is 0. The predicted octanol–water partition coefficient (Wildman–Crippen LogP) is 3.24. The summed E-state index contributed by atoms with van der Waals surface area (Å²) in [6.45, 7) is 5.51. The molecule has 31 heavy (non-hydrogen) atoms. The smallest absolute Gasteiger partial charge is 0.311 e. The average Bonchev–Trinajstić information content (AvgIpc) is 2.75. The van der Waals surface area contributed by atoms with Gasteiger partial charge in [0.25, 0.3) is 5.91 Å². The highest BCUT2D eigenvalue weighted by Crippen LogP contribution is 2.31. The molecule has 1 heterocycles. The molecule has 2 aromatic carbocycles. The first-order chi connectivity index (χ1) is 14.8. The number of nitro groups is 1. The van der Waals surface area contributed by atoms with Crippen molar-refractivity contribution in [2.75, 3.05) is 26.8 Å². The van der Waals surface area contributed by atoms with Crippen LogP contribution in [0.25, 0.3) is 0 Å². The van der Waals surface area contributed by atoms with Crippen molar-refractivity contribution in [3.8, 4) is 11.5 Å². The SMILES string of the molecule is COc1ccc([N+](=O)[O-])c(OCC(=O)N2C[C@@H](C)N(Cc3ccc(F)cc3)C[C@@H]2C)c1. The maximum atomic E-state index is 13.1. The van der Waals surface area contributed by atoms with Gasteiger partial charge in [0.2, 0.25) is 5.75 Å². The zero-order valence-electron chi connectivity index (χ0n) is 17.8. The molecule has 1 aliphatic heterocycles. The second-order valence-electron chi connectivity index (χ2n) is 7.68. The zero-order chi connectivity index (χ0) is 22.5. The van der Waals surface area contributed by atoms with Crippen LogP contribution in [-0.4, -0.2) is 59.5 Å². The Morgan fingerprint density at radius 2 is 1.87 bits per heavy atom. The normalized spacial score (nSPS) is 19.2. The summed E-state index contributed by atoms with van der Waals surface area (Å²) in [5, 5.41) is 11.2. The fourth-order valence-corrected chi connectivity index (χ4v) is 3.70. The Balaban J connectivity index is 1.62. The van der Waals surface area contributed by atoms with Gasteiger partial charge in [-0.15, -0.1) is 0 Å². The van der Waals surface area contributed by atoms with E-state index < -0.39 is 4.92 Å². The second kappa shape index (κ2) is 9.74. The number of halogens is 1. The quantitative estimate of drug-likeness (QED) is 0.494. The van der Waals surface area contributed by atoms with Crippen LogP contribution >= 0.6 is 0 Å². The Hall–Kier alpha value is -3.20. The van der Waals surface area contributed by atoms with E-state index in [1.807, 2.05) is 13.8 Å². The Bertz CT molecular complexity index is 937. The van der Waals surface area contributed by atoms with Gasteiger partial charge in [0.1, 0.15) is 11.6 Å². The summed E-state index contributed by atoms with van der Waals surface area (Å²) in [6, 6.07) is 10.6. The number of hydrogen-bond acceptors (Lipinski definition) is 6. The summed E-state index contributed by atoms with van der Waals surface area (Å²) in [5.74, 6) is -0.104. The third-order valence-corrected chi connectivity index (χ3v) is 5.45. The molecule has 3 rings (SSSR count). The largest absolute Gasteiger partial charge is 0.497 e. The van der Waals surface area contributed by atoms with Gasteiger partial charge in [-0.25, -0.2) is 4.39 Å². The van der Waals surface area contributed by atoms with Crippen molar-refractivity contribution < 1.29 is 23.6 Å². The summed E-state index contributed by atoms with van der Waals surface area (Å²) >= 11 is 0. The molecule has 9 heteroatoms. The molecular weight excluding hydrogens is 405 g/mol. The van der Waals surface area contributed by atoms with Crippen molar-refractivity contribution in [2.24, 2.45) is 0 Å². The molecule has 2 atom stereocenters. The van der Waals surface area contributed by atoms with Crippen LogP contribution in [0.2, 0.25) is 0 Å². The molecule has 0 aromatic heterocycles. The van der Waals surface area contributed by atoms with Gasteiger partial charge in [-0.1, -0.05) is 12.1 Å². The Kier molecular flexibility index (Phi) is 7.06. The third kappa shape index (κ3) is 5.49. The first-order valence-corrected chi connectivity index (χ1v) is 10.0. The number of methoxy groups -OCH3 is 1. The van der Waals surface area contributed by atoms with E-state index in [1.165, 1.54) is 37.4 Å². The van der Waals surface area contributed by atoms with E-state index in [0.717, 1.165) is 5.56 Å². The van der Waals surface area contributed by atoms with Crippen LogP contribution < -0.4 is 9.47 Å². The number of nitro benzene ring substituents is 1. The fraction of sp³-hybridized carbons (Fsp3) is 0.409. The van der Waals surface area contributed by atoms with Gasteiger partial charge in [0.15, 0.2) is 6.61 Å². The number of nitrogens with zero attached hydrogens (tertiary/aromatic N) is 3. The molecule has 0 radical (unpaired) electrons. The number of carbonyl (C=O) groups excluding carboxylic acids is 1. The van der Waals surface area contributed by atoms with Crippen LogP contribution in [0.5, 0.6) is 11.5 Å². The van der Waals surface area contributed by atoms with Crippen molar-refractivity contribution >= 4 is 11.6 Å². The van der Waals surface area contributed by atoms with E-state index in [4.69, 9.17) is 9.47 Å². The van der Waals surface area contributed by atoms with E-state index in [1.54, 1.807) is 17.0 Å². The lowest BCUT2D eigenvalue weighted by Gasteiger charge is -2.44. The number of carbonyl (C=O) groups is 1. The van der Waals surface area contributed by atoms with Crippen molar-refractivity contribution in [1.82, 2.24) is 9.80 Å². The molecule has 0 bridgehead atoms. The molecule has 0 unspecified atom stereocenters. The molecule has 8 nitrogen and oxygen atoms in total. The molecular formula is C22H26FN3O5. The lowest BCUT2D eigenvalue weighted by atomic mass is 10.1. The van der Waals surface area contributed by atoms with E-state index in [-0.39, 0.29) is 41.9 Å². The van der Waals surface area contributed by atoms with E-state index in [9.17, 15) is 19.3 Å². The van der Waals surface area contributed by atoms with Gasteiger partial charge in [-0.3, -0.25) is 19.8 Å². The van der Waals surface area contributed by atoms with E-state index in [0.29, 0.717) is 25.4 Å². The molecule has 0 saturated carbocycles. The minimum Gasteiger partial charge on any atom is -0.497 e. The van der Waals surface area contributed by atoms with E-state index >= 15 is 0 Å².